The average Bonchev–Trinajstić information content (AvgIpc) is 3.25. The SMILES string of the molecule is NC(=O)c1ccc(Oc2ccc(C(=O)NCCOc3ccc4c(c3)OCO4)cc2)cc1. The molecule has 0 aliphatic carbocycles. The fraction of sp³-hybridized carbons (Fsp3) is 0.130. The Kier molecular flexibility index (Phi) is 5.89. The van der Waals surface area contributed by atoms with Gasteiger partial charge in [-0.1, -0.05) is 0 Å². The summed E-state index contributed by atoms with van der Waals surface area (Å²) in [5.74, 6) is 2.39. The van der Waals surface area contributed by atoms with Crippen molar-refractivity contribution in [3.63, 3.8) is 0 Å². The van der Waals surface area contributed by atoms with E-state index < -0.39 is 5.91 Å². The van der Waals surface area contributed by atoms with Crippen LogP contribution in [0.5, 0.6) is 28.7 Å². The Hall–Kier alpha value is -4.20. The average molecular weight is 420 g/mol. The van der Waals surface area contributed by atoms with Crippen LogP contribution in [0.25, 0.3) is 0 Å². The molecule has 1 aliphatic heterocycles. The van der Waals surface area contributed by atoms with Crippen molar-refractivity contribution in [1.82, 2.24) is 5.32 Å². The smallest absolute Gasteiger partial charge is 0.251 e. The number of hydrogen-bond donors (Lipinski definition) is 2. The first-order chi connectivity index (χ1) is 15.1. The maximum absolute atomic E-state index is 12.3. The van der Waals surface area contributed by atoms with Gasteiger partial charge in [0.15, 0.2) is 11.5 Å². The predicted octanol–water partition coefficient (Wildman–Crippen LogP) is 3.12. The number of benzene rings is 3. The summed E-state index contributed by atoms with van der Waals surface area (Å²) in [5, 5.41) is 2.80. The first kappa shape index (κ1) is 20.1. The van der Waals surface area contributed by atoms with Gasteiger partial charge in [-0.05, 0) is 60.7 Å². The maximum atomic E-state index is 12.3. The predicted molar refractivity (Wildman–Crippen MR) is 112 cm³/mol. The summed E-state index contributed by atoms with van der Waals surface area (Å²) >= 11 is 0. The van der Waals surface area contributed by atoms with Crippen LogP contribution in [0.4, 0.5) is 0 Å². The van der Waals surface area contributed by atoms with E-state index in [2.05, 4.69) is 5.32 Å². The van der Waals surface area contributed by atoms with E-state index in [1.165, 1.54) is 0 Å². The van der Waals surface area contributed by atoms with Gasteiger partial charge in [-0.2, -0.15) is 0 Å². The van der Waals surface area contributed by atoms with Crippen molar-refractivity contribution in [1.29, 1.82) is 0 Å². The molecule has 8 heteroatoms. The molecule has 2 amide bonds. The number of hydrogen-bond acceptors (Lipinski definition) is 6. The highest BCUT2D eigenvalue weighted by Crippen LogP contribution is 2.35. The number of primary amides is 1. The van der Waals surface area contributed by atoms with E-state index in [1.54, 1.807) is 66.7 Å². The number of amides is 2. The number of nitrogens with two attached hydrogens (primary N) is 1. The van der Waals surface area contributed by atoms with Crippen molar-refractivity contribution in [3.05, 3.63) is 77.9 Å². The quantitative estimate of drug-likeness (QED) is 0.542. The highest BCUT2D eigenvalue weighted by molar-refractivity contribution is 5.94. The van der Waals surface area contributed by atoms with E-state index >= 15 is 0 Å². The van der Waals surface area contributed by atoms with Gasteiger partial charge in [0.25, 0.3) is 5.91 Å². The molecule has 0 fully saturated rings. The van der Waals surface area contributed by atoms with E-state index in [0.29, 0.717) is 53.0 Å². The summed E-state index contributed by atoms with van der Waals surface area (Å²) in [7, 11) is 0. The summed E-state index contributed by atoms with van der Waals surface area (Å²) in [6, 6.07) is 18.5. The molecule has 4 rings (SSSR count). The largest absolute Gasteiger partial charge is 0.492 e. The fourth-order valence-corrected chi connectivity index (χ4v) is 2.90. The molecule has 3 aromatic rings. The van der Waals surface area contributed by atoms with Crippen molar-refractivity contribution < 1.29 is 28.5 Å². The fourth-order valence-electron chi connectivity index (χ4n) is 2.90. The van der Waals surface area contributed by atoms with E-state index in [-0.39, 0.29) is 12.7 Å². The third kappa shape index (κ3) is 5.05. The zero-order valence-corrected chi connectivity index (χ0v) is 16.5. The van der Waals surface area contributed by atoms with E-state index in [1.807, 2.05) is 0 Å². The van der Waals surface area contributed by atoms with Crippen LogP contribution in [-0.2, 0) is 0 Å². The minimum absolute atomic E-state index is 0.209. The number of nitrogens with one attached hydrogen (secondary N) is 1. The molecule has 0 radical (unpaired) electrons. The van der Waals surface area contributed by atoms with Crippen LogP contribution in [0.15, 0.2) is 66.7 Å². The van der Waals surface area contributed by atoms with Crippen LogP contribution in [-0.4, -0.2) is 31.8 Å². The summed E-state index contributed by atoms with van der Waals surface area (Å²) in [5.41, 5.74) is 6.12. The first-order valence-electron chi connectivity index (χ1n) is 9.57. The van der Waals surface area contributed by atoms with E-state index in [0.717, 1.165) is 0 Å². The van der Waals surface area contributed by atoms with Gasteiger partial charge in [-0.15, -0.1) is 0 Å². The first-order valence-corrected chi connectivity index (χ1v) is 9.57. The Morgan fingerprint density at radius 2 is 1.45 bits per heavy atom. The van der Waals surface area contributed by atoms with Crippen molar-refractivity contribution in [2.75, 3.05) is 19.9 Å². The molecule has 1 aliphatic rings. The molecule has 0 bridgehead atoms. The number of carbonyl (C=O) groups is 2. The van der Waals surface area contributed by atoms with Crippen LogP contribution in [0.2, 0.25) is 0 Å². The number of rotatable bonds is 8. The van der Waals surface area contributed by atoms with Crippen molar-refractivity contribution in [2.24, 2.45) is 5.73 Å². The van der Waals surface area contributed by atoms with Crippen molar-refractivity contribution >= 4 is 11.8 Å². The topological polar surface area (TPSA) is 109 Å². The van der Waals surface area contributed by atoms with Crippen molar-refractivity contribution in [2.45, 2.75) is 0 Å². The molecule has 3 N–H and O–H groups in total. The Morgan fingerprint density at radius 3 is 2.13 bits per heavy atom. The molecule has 31 heavy (non-hydrogen) atoms. The van der Waals surface area contributed by atoms with Gasteiger partial charge in [-0.3, -0.25) is 9.59 Å². The van der Waals surface area contributed by atoms with Crippen LogP contribution in [0.3, 0.4) is 0 Å². The highest BCUT2D eigenvalue weighted by atomic mass is 16.7. The van der Waals surface area contributed by atoms with E-state index in [4.69, 9.17) is 24.7 Å². The monoisotopic (exact) mass is 420 g/mol. The van der Waals surface area contributed by atoms with Crippen LogP contribution < -0.4 is 30.0 Å². The Morgan fingerprint density at radius 1 is 0.839 bits per heavy atom. The molecule has 0 atom stereocenters. The lowest BCUT2D eigenvalue weighted by Gasteiger charge is -2.09. The lowest BCUT2D eigenvalue weighted by molar-refractivity contribution is 0.0945. The molecule has 1 heterocycles. The maximum Gasteiger partial charge on any atom is 0.251 e. The zero-order chi connectivity index (χ0) is 21.6. The van der Waals surface area contributed by atoms with Crippen LogP contribution >= 0.6 is 0 Å². The molecule has 8 nitrogen and oxygen atoms in total. The Balaban J connectivity index is 1.24. The standard InChI is InChI=1S/C23H20N2O6/c24-22(26)15-1-5-17(6-2-15)31-18-7-3-16(4-8-18)23(27)25-11-12-28-19-9-10-20-21(13-19)30-14-29-20/h1-10,13H,11-12,14H2,(H2,24,26)(H,25,27). The summed E-state index contributed by atoms with van der Waals surface area (Å²) < 4.78 is 21.9. The van der Waals surface area contributed by atoms with Gasteiger partial charge in [0.1, 0.15) is 23.9 Å². The van der Waals surface area contributed by atoms with E-state index in [9.17, 15) is 9.59 Å². The molecule has 158 valence electrons. The minimum Gasteiger partial charge on any atom is -0.492 e. The molecular weight excluding hydrogens is 400 g/mol. The van der Waals surface area contributed by atoms with Gasteiger partial charge < -0.3 is 30.0 Å². The van der Waals surface area contributed by atoms with Gasteiger partial charge >= 0.3 is 0 Å². The molecule has 0 saturated carbocycles. The molecule has 0 unspecified atom stereocenters. The number of fused-ring (bicyclic) bond motifs is 1. The highest BCUT2D eigenvalue weighted by Gasteiger charge is 2.13. The van der Waals surface area contributed by atoms with Gasteiger partial charge in [0.05, 0.1) is 6.54 Å². The lowest BCUT2D eigenvalue weighted by Crippen LogP contribution is -2.28. The van der Waals surface area contributed by atoms with Gasteiger partial charge in [0.2, 0.25) is 12.7 Å². The Labute approximate surface area is 178 Å². The number of carbonyl (C=O) groups excluding carboxylic acids is 2. The number of ether oxygens (including phenoxy) is 4. The molecule has 0 aromatic heterocycles. The summed E-state index contributed by atoms with van der Waals surface area (Å²) in [6.07, 6.45) is 0. The van der Waals surface area contributed by atoms with Crippen LogP contribution in [0, 0.1) is 0 Å². The minimum atomic E-state index is -0.497. The lowest BCUT2D eigenvalue weighted by atomic mass is 10.2. The van der Waals surface area contributed by atoms with Crippen molar-refractivity contribution in [3.8, 4) is 28.7 Å². The van der Waals surface area contributed by atoms with Gasteiger partial charge in [0, 0.05) is 17.2 Å². The summed E-state index contributed by atoms with van der Waals surface area (Å²) in [6.45, 7) is 0.867. The second-order valence-corrected chi connectivity index (χ2v) is 6.63. The second kappa shape index (κ2) is 9.08. The molecule has 0 spiro atoms. The summed E-state index contributed by atoms with van der Waals surface area (Å²) in [4.78, 5) is 23.4. The third-order valence-electron chi connectivity index (χ3n) is 4.49. The normalized spacial score (nSPS) is 11.6. The molecular formula is C23H20N2O6. The molecule has 3 aromatic carbocycles. The van der Waals surface area contributed by atoms with Gasteiger partial charge in [-0.25, -0.2) is 0 Å². The third-order valence-corrected chi connectivity index (χ3v) is 4.49. The second-order valence-electron chi connectivity index (χ2n) is 6.63. The molecule has 0 saturated heterocycles. The zero-order valence-electron chi connectivity index (χ0n) is 16.5. The van der Waals surface area contributed by atoms with Crippen LogP contribution in [0.1, 0.15) is 20.7 Å². The Bertz CT molecular complexity index is 1080.